The van der Waals surface area contributed by atoms with Crippen molar-refractivity contribution in [2.24, 2.45) is 5.41 Å². The molecule has 0 fully saturated rings. The quantitative estimate of drug-likeness (QED) is 0.783. The molecule has 0 saturated carbocycles. The maximum Gasteiger partial charge on any atom is 0.216 e. The van der Waals surface area contributed by atoms with Crippen LogP contribution in [0.5, 0.6) is 0 Å². The minimum absolute atomic E-state index is 0.0206. The Morgan fingerprint density at radius 1 is 1.12 bits per heavy atom. The summed E-state index contributed by atoms with van der Waals surface area (Å²) in [5.41, 5.74) is 2.03. The molecule has 1 nitrogen and oxygen atoms in total. The molecule has 0 N–H and O–H groups in total. The predicted octanol–water partition coefficient (Wildman–Crippen LogP) is 4.47. The fourth-order valence-corrected chi connectivity index (χ4v) is 2.88. The first-order chi connectivity index (χ1) is 7.63. The van der Waals surface area contributed by atoms with E-state index in [4.69, 9.17) is 0 Å². The zero-order valence-electron chi connectivity index (χ0n) is 11.4. The van der Waals surface area contributed by atoms with Crippen LogP contribution in [0.4, 0.5) is 0 Å². The first kappa shape index (κ1) is 14.3. The zero-order chi connectivity index (χ0) is 13.3. The van der Waals surface area contributed by atoms with Crippen molar-refractivity contribution in [1.82, 2.24) is 0 Å². The molecule has 0 spiro atoms. The van der Waals surface area contributed by atoms with Crippen LogP contribution in [0, 0.1) is 5.41 Å². The van der Waals surface area contributed by atoms with Crippen LogP contribution >= 0.6 is 12.6 Å². The summed E-state index contributed by atoms with van der Waals surface area (Å²) in [6, 6.07) is 7.77. The number of carbonyl (C=O) groups is 1. The lowest BCUT2D eigenvalue weighted by Crippen LogP contribution is -2.26. The number of benzene rings is 1. The Morgan fingerprint density at radius 2 is 1.65 bits per heavy atom. The molecular formula is C15H22OS. The van der Waals surface area contributed by atoms with Crippen molar-refractivity contribution >= 4 is 17.7 Å². The van der Waals surface area contributed by atoms with Gasteiger partial charge in [-0.05, 0) is 22.8 Å². The van der Waals surface area contributed by atoms with Crippen molar-refractivity contribution in [1.29, 1.82) is 0 Å². The minimum Gasteiger partial charge on any atom is -0.282 e. The van der Waals surface area contributed by atoms with Gasteiger partial charge in [0.2, 0.25) is 5.12 Å². The summed E-state index contributed by atoms with van der Waals surface area (Å²) in [4.78, 5) is 11.5. The molecule has 0 aliphatic heterocycles. The van der Waals surface area contributed by atoms with Crippen LogP contribution in [0.2, 0.25) is 0 Å². The van der Waals surface area contributed by atoms with E-state index < -0.39 is 0 Å². The first-order valence-corrected chi connectivity index (χ1v) is 6.41. The Balaban J connectivity index is 3.19. The maximum absolute atomic E-state index is 11.5. The molecule has 0 aliphatic rings. The SMILES string of the molecule is CC(C)(C)CC(C)(C)c1ccccc1C(=O)S. The number of hydrogen-bond donors (Lipinski definition) is 1. The molecular weight excluding hydrogens is 228 g/mol. The lowest BCUT2D eigenvalue weighted by molar-refractivity contribution is 0.108. The molecule has 0 aliphatic carbocycles. The lowest BCUT2D eigenvalue weighted by Gasteiger charge is -2.34. The van der Waals surface area contributed by atoms with Crippen LogP contribution in [-0.2, 0) is 5.41 Å². The van der Waals surface area contributed by atoms with E-state index in [9.17, 15) is 4.79 Å². The fraction of sp³-hybridized carbons (Fsp3) is 0.533. The Hall–Kier alpha value is -0.760. The van der Waals surface area contributed by atoms with Crippen LogP contribution in [-0.4, -0.2) is 5.12 Å². The molecule has 0 radical (unpaired) electrons. The lowest BCUT2D eigenvalue weighted by atomic mass is 9.71. The van der Waals surface area contributed by atoms with E-state index >= 15 is 0 Å². The Kier molecular flexibility index (Phi) is 4.08. The van der Waals surface area contributed by atoms with Crippen molar-refractivity contribution in [2.45, 2.75) is 46.5 Å². The highest BCUT2D eigenvalue weighted by atomic mass is 32.1. The van der Waals surface area contributed by atoms with Crippen LogP contribution in [0.25, 0.3) is 0 Å². The average molecular weight is 250 g/mol. The summed E-state index contributed by atoms with van der Waals surface area (Å²) >= 11 is 3.96. The molecule has 0 atom stereocenters. The predicted molar refractivity (Wildman–Crippen MR) is 76.9 cm³/mol. The van der Waals surface area contributed by atoms with Crippen LogP contribution in [0.15, 0.2) is 24.3 Å². The highest BCUT2D eigenvalue weighted by molar-refractivity contribution is 7.97. The Morgan fingerprint density at radius 3 is 2.12 bits per heavy atom. The minimum atomic E-state index is -0.150. The van der Waals surface area contributed by atoms with Gasteiger partial charge in [0.15, 0.2) is 0 Å². The summed E-state index contributed by atoms with van der Waals surface area (Å²) in [5.74, 6) is 0. The maximum atomic E-state index is 11.5. The number of carbonyl (C=O) groups excluding carboxylic acids is 1. The summed E-state index contributed by atoms with van der Waals surface area (Å²) in [7, 11) is 0. The van der Waals surface area contributed by atoms with Crippen molar-refractivity contribution in [3.63, 3.8) is 0 Å². The smallest absolute Gasteiger partial charge is 0.216 e. The van der Waals surface area contributed by atoms with Gasteiger partial charge in [-0.15, -0.1) is 12.6 Å². The van der Waals surface area contributed by atoms with Crippen molar-refractivity contribution in [2.75, 3.05) is 0 Å². The van der Waals surface area contributed by atoms with E-state index in [1.807, 2.05) is 24.3 Å². The second-order valence-corrected chi connectivity index (χ2v) is 6.88. The van der Waals surface area contributed by atoms with Gasteiger partial charge in [-0.2, -0.15) is 0 Å². The van der Waals surface area contributed by atoms with E-state index in [1.165, 1.54) is 0 Å². The first-order valence-electron chi connectivity index (χ1n) is 5.96. The van der Waals surface area contributed by atoms with Gasteiger partial charge >= 0.3 is 0 Å². The fourth-order valence-electron chi connectivity index (χ4n) is 2.68. The molecule has 0 unspecified atom stereocenters. The third-order valence-electron chi connectivity index (χ3n) is 2.86. The summed E-state index contributed by atoms with van der Waals surface area (Å²) in [5, 5.41) is -0.150. The normalized spacial score (nSPS) is 12.6. The highest BCUT2D eigenvalue weighted by Gasteiger charge is 2.29. The van der Waals surface area contributed by atoms with Crippen molar-refractivity contribution in [3.8, 4) is 0 Å². The van der Waals surface area contributed by atoms with Gasteiger partial charge in [0.05, 0.1) is 0 Å². The molecule has 0 saturated heterocycles. The molecule has 1 rings (SSSR count). The molecule has 17 heavy (non-hydrogen) atoms. The molecule has 0 bridgehead atoms. The van der Waals surface area contributed by atoms with Gasteiger partial charge in [0, 0.05) is 5.56 Å². The second-order valence-electron chi connectivity index (χ2n) is 6.47. The highest BCUT2D eigenvalue weighted by Crippen LogP contribution is 2.37. The Labute approximate surface area is 110 Å². The molecule has 1 aromatic rings. The van der Waals surface area contributed by atoms with Crippen molar-refractivity contribution < 1.29 is 4.79 Å². The summed E-state index contributed by atoms with van der Waals surface area (Å²) in [6.45, 7) is 11.0. The average Bonchev–Trinajstić information content (AvgIpc) is 2.14. The van der Waals surface area contributed by atoms with Gasteiger partial charge < -0.3 is 0 Å². The van der Waals surface area contributed by atoms with E-state index in [1.54, 1.807) is 0 Å². The third kappa shape index (κ3) is 3.88. The van der Waals surface area contributed by atoms with E-state index in [0.717, 1.165) is 17.5 Å². The van der Waals surface area contributed by atoms with Gasteiger partial charge in [-0.25, -0.2) is 0 Å². The van der Waals surface area contributed by atoms with Crippen LogP contribution < -0.4 is 0 Å². The zero-order valence-corrected chi connectivity index (χ0v) is 12.3. The number of rotatable bonds is 3. The van der Waals surface area contributed by atoms with E-state index in [-0.39, 0.29) is 15.9 Å². The molecule has 0 aromatic heterocycles. The number of thiol groups is 1. The monoisotopic (exact) mass is 250 g/mol. The van der Waals surface area contributed by atoms with E-state index in [2.05, 4.69) is 47.2 Å². The van der Waals surface area contributed by atoms with Gasteiger partial charge in [0.25, 0.3) is 0 Å². The largest absolute Gasteiger partial charge is 0.282 e. The van der Waals surface area contributed by atoms with Gasteiger partial charge in [-0.1, -0.05) is 58.9 Å². The summed E-state index contributed by atoms with van der Waals surface area (Å²) < 4.78 is 0. The van der Waals surface area contributed by atoms with Gasteiger partial charge in [-0.3, -0.25) is 4.79 Å². The summed E-state index contributed by atoms with van der Waals surface area (Å²) in [6.07, 6.45) is 1.03. The molecule has 0 amide bonds. The Bertz CT molecular complexity index is 413. The van der Waals surface area contributed by atoms with Crippen LogP contribution in [0.3, 0.4) is 0 Å². The van der Waals surface area contributed by atoms with E-state index in [0.29, 0.717) is 0 Å². The molecule has 1 aromatic carbocycles. The van der Waals surface area contributed by atoms with Crippen molar-refractivity contribution in [3.05, 3.63) is 35.4 Å². The topological polar surface area (TPSA) is 17.1 Å². The van der Waals surface area contributed by atoms with Crippen LogP contribution in [0.1, 0.15) is 57.0 Å². The molecule has 2 heteroatoms. The number of hydrogen-bond acceptors (Lipinski definition) is 1. The standard InChI is InChI=1S/C15H22OS/c1-14(2,3)10-15(4,5)12-9-7-6-8-11(12)13(16)17/h6-9H,10H2,1-5H3,(H,16,17). The third-order valence-corrected chi connectivity index (χ3v) is 3.10. The molecule has 0 heterocycles. The molecule has 94 valence electrons. The van der Waals surface area contributed by atoms with Gasteiger partial charge in [0.1, 0.15) is 0 Å². The second kappa shape index (κ2) is 4.85.